The van der Waals surface area contributed by atoms with Crippen molar-refractivity contribution >= 4 is 20.6 Å². The van der Waals surface area contributed by atoms with Gasteiger partial charge in [0.25, 0.3) is 0 Å². The van der Waals surface area contributed by atoms with Crippen LogP contribution in [0.5, 0.6) is 0 Å². The molecule has 1 aliphatic carbocycles. The van der Waals surface area contributed by atoms with Gasteiger partial charge in [-0.05, 0) is 28.8 Å². The first-order valence-corrected chi connectivity index (χ1v) is 4.15. The summed E-state index contributed by atoms with van der Waals surface area (Å²) in [4.78, 5) is 0. The molecule has 0 N–H and O–H groups in total. The van der Waals surface area contributed by atoms with E-state index in [1.165, 1.54) is 12.8 Å². The Kier molecular flexibility index (Phi) is 1.25. The van der Waals surface area contributed by atoms with E-state index in [-0.39, 0.29) is 0 Å². The van der Waals surface area contributed by atoms with Crippen molar-refractivity contribution in [2.45, 2.75) is 25.3 Å². The van der Waals surface area contributed by atoms with Crippen molar-refractivity contribution in [3.8, 4) is 0 Å². The summed E-state index contributed by atoms with van der Waals surface area (Å²) in [6, 6.07) is 0.792. The van der Waals surface area contributed by atoms with Crippen LogP contribution in [0, 0.1) is 0 Å². The van der Waals surface area contributed by atoms with Crippen molar-refractivity contribution in [2.24, 2.45) is 5.10 Å². The van der Waals surface area contributed by atoms with E-state index in [9.17, 15) is 0 Å². The third kappa shape index (κ3) is 1.11. The molecule has 0 spiro atoms. The molecule has 2 rings (SSSR count). The second kappa shape index (κ2) is 1.97. The molecule has 50 valence electrons. The molecule has 0 aromatic heterocycles. The average Bonchev–Trinajstić information content (AvgIpc) is 2.58. The molecule has 0 aromatic carbocycles. The Bertz CT molecular complexity index is 151. The lowest BCUT2D eigenvalue weighted by Crippen LogP contribution is -2.15. The molecule has 0 amide bonds. The molecule has 1 fully saturated rings. The molecule has 3 heteroatoms. The van der Waals surface area contributed by atoms with Crippen LogP contribution in [-0.2, 0) is 0 Å². The van der Waals surface area contributed by atoms with Crippen LogP contribution in [0.3, 0.4) is 0 Å². The number of halogens is 1. The molecule has 0 bridgehead atoms. The summed E-state index contributed by atoms with van der Waals surface area (Å²) in [6.45, 7) is 1.13. The van der Waals surface area contributed by atoms with Gasteiger partial charge in [0.15, 0.2) is 0 Å². The lowest BCUT2D eigenvalue weighted by molar-refractivity contribution is 0.307. The van der Waals surface area contributed by atoms with Crippen LogP contribution in [0.25, 0.3) is 0 Å². The Balaban J connectivity index is 1.99. The molecule has 2 aliphatic rings. The van der Waals surface area contributed by atoms with Gasteiger partial charge in [0, 0.05) is 19.0 Å². The number of hydrogen-bond acceptors (Lipinski definition) is 2. The third-order valence-corrected chi connectivity index (χ3v) is 2.31. The standard InChI is InChI=1S/C6H9BrN2/c7-6-3-4-9(8-6)5-1-2-5/h5H,1-4H2. The van der Waals surface area contributed by atoms with Gasteiger partial charge in [0.2, 0.25) is 0 Å². The van der Waals surface area contributed by atoms with Crippen LogP contribution >= 0.6 is 15.9 Å². The fourth-order valence-corrected chi connectivity index (χ4v) is 1.46. The van der Waals surface area contributed by atoms with Crippen molar-refractivity contribution in [1.82, 2.24) is 5.01 Å². The first-order chi connectivity index (χ1) is 4.36. The topological polar surface area (TPSA) is 15.6 Å². The summed E-state index contributed by atoms with van der Waals surface area (Å²) >= 11 is 3.38. The van der Waals surface area contributed by atoms with Crippen LogP contribution < -0.4 is 0 Å². The smallest absolute Gasteiger partial charge is 0.105 e. The number of hydrazone groups is 1. The quantitative estimate of drug-likeness (QED) is 0.611. The average molecular weight is 189 g/mol. The van der Waals surface area contributed by atoms with E-state index in [4.69, 9.17) is 0 Å². The van der Waals surface area contributed by atoms with Crippen molar-refractivity contribution in [1.29, 1.82) is 0 Å². The van der Waals surface area contributed by atoms with E-state index in [0.717, 1.165) is 23.6 Å². The first kappa shape index (κ1) is 5.71. The van der Waals surface area contributed by atoms with Gasteiger partial charge in [-0.2, -0.15) is 5.10 Å². The predicted octanol–water partition coefficient (Wildman–Crippen LogP) is 1.56. The Morgan fingerprint density at radius 2 is 2.33 bits per heavy atom. The fraction of sp³-hybridized carbons (Fsp3) is 0.833. The highest BCUT2D eigenvalue weighted by Crippen LogP contribution is 2.29. The number of rotatable bonds is 1. The van der Waals surface area contributed by atoms with Crippen molar-refractivity contribution in [3.05, 3.63) is 0 Å². The zero-order chi connectivity index (χ0) is 6.27. The molecule has 1 aliphatic heterocycles. The van der Waals surface area contributed by atoms with E-state index < -0.39 is 0 Å². The van der Waals surface area contributed by atoms with Crippen LogP contribution in [-0.4, -0.2) is 22.2 Å². The lowest BCUT2D eigenvalue weighted by Gasteiger charge is -2.09. The zero-order valence-electron chi connectivity index (χ0n) is 5.18. The highest BCUT2D eigenvalue weighted by Gasteiger charge is 2.30. The summed E-state index contributed by atoms with van der Waals surface area (Å²) in [6.07, 6.45) is 3.81. The molecule has 0 atom stereocenters. The molecule has 0 aromatic rings. The molecule has 1 heterocycles. The summed E-state index contributed by atoms with van der Waals surface area (Å²) in [5.74, 6) is 0. The Morgan fingerprint density at radius 1 is 1.56 bits per heavy atom. The molecule has 0 unspecified atom stereocenters. The third-order valence-electron chi connectivity index (χ3n) is 1.75. The summed E-state index contributed by atoms with van der Waals surface area (Å²) < 4.78 is 1.12. The highest BCUT2D eigenvalue weighted by atomic mass is 79.9. The van der Waals surface area contributed by atoms with E-state index in [1.807, 2.05) is 0 Å². The minimum atomic E-state index is 0.792. The number of nitrogens with zero attached hydrogens (tertiary/aromatic N) is 2. The Labute approximate surface area is 63.0 Å². The molecular formula is C6H9BrN2. The van der Waals surface area contributed by atoms with E-state index >= 15 is 0 Å². The van der Waals surface area contributed by atoms with Gasteiger partial charge in [-0.25, -0.2) is 0 Å². The van der Waals surface area contributed by atoms with Gasteiger partial charge in [-0.15, -0.1) is 0 Å². The normalized spacial score (nSPS) is 26.8. The van der Waals surface area contributed by atoms with Gasteiger partial charge in [0.1, 0.15) is 4.62 Å². The second-order valence-corrected chi connectivity index (χ2v) is 3.54. The summed E-state index contributed by atoms with van der Waals surface area (Å²) in [5, 5.41) is 6.52. The second-order valence-electron chi connectivity index (χ2n) is 2.62. The van der Waals surface area contributed by atoms with Crippen molar-refractivity contribution < 1.29 is 0 Å². The van der Waals surface area contributed by atoms with Gasteiger partial charge in [-0.3, -0.25) is 5.01 Å². The van der Waals surface area contributed by atoms with Crippen LogP contribution in [0.1, 0.15) is 19.3 Å². The van der Waals surface area contributed by atoms with E-state index in [0.29, 0.717) is 0 Å². The Hall–Kier alpha value is -0.0500. The monoisotopic (exact) mass is 188 g/mol. The first-order valence-electron chi connectivity index (χ1n) is 3.36. The van der Waals surface area contributed by atoms with Gasteiger partial charge in [0.05, 0.1) is 0 Å². The predicted molar refractivity (Wildman–Crippen MR) is 40.7 cm³/mol. The molecule has 2 nitrogen and oxygen atoms in total. The van der Waals surface area contributed by atoms with Crippen LogP contribution in [0.2, 0.25) is 0 Å². The maximum absolute atomic E-state index is 4.32. The van der Waals surface area contributed by atoms with Crippen molar-refractivity contribution in [3.63, 3.8) is 0 Å². The summed E-state index contributed by atoms with van der Waals surface area (Å²) in [5.41, 5.74) is 0. The molecule has 0 saturated heterocycles. The highest BCUT2D eigenvalue weighted by molar-refractivity contribution is 9.18. The zero-order valence-corrected chi connectivity index (χ0v) is 6.76. The minimum Gasteiger partial charge on any atom is -0.293 e. The molecule has 0 radical (unpaired) electrons. The van der Waals surface area contributed by atoms with Crippen molar-refractivity contribution in [2.75, 3.05) is 6.54 Å². The molecule has 9 heavy (non-hydrogen) atoms. The maximum atomic E-state index is 4.32. The Morgan fingerprint density at radius 3 is 2.78 bits per heavy atom. The van der Waals surface area contributed by atoms with E-state index in [2.05, 4.69) is 26.0 Å². The molecular weight excluding hydrogens is 180 g/mol. The van der Waals surface area contributed by atoms with Crippen LogP contribution in [0.15, 0.2) is 5.10 Å². The fourth-order valence-electron chi connectivity index (χ4n) is 1.08. The van der Waals surface area contributed by atoms with E-state index in [1.54, 1.807) is 0 Å². The van der Waals surface area contributed by atoms with Gasteiger partial charge in [-0.1, -0.05) is 0 Å². The van der Waals surface area contributed by atoms with Gasteiger partial charge < -0.3 is 0 Å². The van der Waals surface area contributed by atoms with Gasteiger partial charge >= 0.3 is 0 Å². The maximum Gasteiger partial charge on any atom is 0.105 e. The minimum absolute atomic E-state index is 0.792. The summed E-state index contributed by atoms with van der Waals surface area (Å²) in [7, 11) is 0. The SMILES string of the molecule is BrC1=NN(C2CC2)CC1. The molecule has 1 saturated carbocycles. The lowest BCUT2D eigenvalue weighted by atomic mass is 10.5. The van der Waals surface area contributed by atoms with Crippen LogP contribution in [0.4, 0.5) is 0 Å². The largest absolute Gasteiger partial charge is 0.293 e. The number of hydrogen-bond donors (Lipinski definition) is 0.